The zero-order valence-corrected chi connectivity index (χ0v) is 12.3. The molecule has 0 bridgehead atoms. The third kappa shape index (κ3) is 3.93. The fraction of sp³-hybridized carbons (Fsp3) is 0.857. The van der Waals surface area contributed by atoms with Crippen LogP contribution in [0.3, 0.4) is 0 Å². The number of piperazine rings is 1. The van der Waals surface area contributed by atoms with Gasteiger partial charge in [-0.1, -0.05) is 0 Å². The zero-order valence-electron chi connectivity index (χ0n) is 12.3. The lowest BCUT2D eigenvalue weighted by Gasteiger charge is -2.37. The Labute approximate surface area is 120 Å². The molecule has 0 saturated carbocycles. The van der Waals surface area contributed by atoms with Gasteiger partial charge in [0.15, 0.2) is 0 Å². The number of likely N-dealkylation sites (tertiary alicyclic amines) is 1. The van der Waals surface area contributed by atoms with E-state index in [2.05, 4.69) is 4.90 Å². The van der Waals surface area contributed by atoms with Crippen molar-refractivity contribution in [3.8, 4) is 0 Å². The van der Waals surface area contributed by atoms with Crippen molar-refractivity contribution in [2.24, 2.45) is 5.92 Å². The summed E-state index contributed by atoms with van der Waals surface area (Å²) >= 11 is 0. The second-order valence-electron chi connectivity index (χ2n) is 5.81. The summed E-state index contributed by atoms with van der Waals surface area (Å²) in [7, 11) is 0. The average molecular weight is 283 g/mol. The number of aliphatic hydroxyl groups excluding tert-OH is 1. The molecular weight excluding hydrogens is 258 g/mol. The quantitative estimate of drug-likeness (QED) is 0.750. The van der Waals surface area contributed by atoms with Crippen LogP contribution in [0.5, 0.6) is 0 Å². The van der Waals surface area contributed by atoms with Crippen molar-refractivity contribution < 1.29 is 14.7 Å². The smallest absolute Gasteiger partial charge is 0.236 e. The van der Waals surface area contributed by atoms with E-state index in [-0.39, 0.29) is 18.4 Å². The molecule has 0 aliphatic carbocycles. The molecule has 2 fully saturated rings. The maximum absolute atomic E-state index is 12.3. The lowest BCUT2D eigenvalue weighted by atomic mass is 9.99. The predicted octanol–water partition coefficient (Wildman–Crippen LogP) is -0.619. The maximum atomic E-state index is 12.3. The second kappa shape index (κ2) is 7.04. The van der Waals surface area contributed by atoms with Crippen LogP contribution in [0.1, 0.15) is 19.8 Å². The van der Waals surface area contributed by atoms with Gasteiger partial charge in [0.2, 0.25) is 11.8 Å². The molecule has 1 atom stereocenters. The first-order chi connectivity index (χ1) is 9.60. The van der Waals surface area contributed by atoms with Crippen LogP contribution in [0.4, 0.5) is 0 Å². The highest BCUT2D eigenvalue weighted by Crippen LogP contribution is 2.15. The Morgan fingerprint density at radius 3 is 2.35 bits per heavy atom. The molecule has 0 aromatic rings. The van der Waals surface area contributed by atoms with Gasteiger partial charge in [0.25, 0.3) is 0 Å². The number of hydrogen-bond donors (Lipinski definition) is 1. The lowest BCUT2D eigenvalue weighted by Crippen LogP contribution is -2.53. The first-order valence-electron chi connectivity index (χ1n) is 7.46. The van der Waals surface area contributed by atoms with Gasteiger partial charge in [-0.2, -0.15) is 0 Å². The average Bonchev–Trinajstić information content (AvgIpc) is 2.47. The van der Waals surface area contributed by atoms with Gasteiger partial charge in [0.1, 0.15) is 0 Å². The first-order valence-corrected chi connectivity index (χ1v) is 7.46. The van der Waals surface area contributed by atoms with E-state index in [9.17, 15) is 14.7 Å². The third-order valence-corrected chi connectivity index (χ3v) is 4.30. The molecule has 2 aliphatic heterocycles. The Bertz CT molecular complexity index is 354. The van der Waals surface area contributed by atoms with Crippen LogP contribution in [-0.2, 0) is 9.59 Å². The van der Waals surface area contributed by atoms with Gasteiger partial charge in [-0.25, -0.2) is 0 Å². The zero-order chi connectivity index (χ0) is 14.5. The molecule has 2 rings (SSSR count). The summed E-state index contributed by atoms with van der Waals surface area (Å²) < 4.78 is 0. The largest absolute Gasteiger partial charge is 0.396 e. The molecule has 20 heavy (non-hydrogen) atoms. The van der Waals surface area contributed by atoms with E-state index in [1.807, 2.05) is 4.90 Å². The number of rotatable bonds is 3. The van der Waals surface area contributed by atoms with Crippen LogP contribution in [0.2, 0.25) is 0 Å². The summed E-state index contributed by atoms with van der Waals surface area (Å²) in [6.45, 7) is 6.52. The summed E-state index contributed by atoms with van der Waals surface area (Å²) in [4.78, 5) is 29.3. The van der Waals surface area contributed by atoms with Gasteiger partial charge in [-0.15, -0.1) is 0 Å². The van der Waals surface area contributed by atoms with Crippen LogP contribution >= 0.6 is 0 Å². The minimum Gasteiger partial charge on any atom is -0.396 e. The van der Waals surface area contributed by atoms with E-state index in [0.29, 0.717) is 38.6 Å². The van der Waals surface area contributed by atoms with Gasteiger partial charge in [0.05, 0.1) is 6.54 Å². The molecule has 6 heteroatoms. The molecule has 0 spiro atoms. The molecule has 1 unspecified atom stereocenters. The topological polar surface area (TPSA) is 64.1 Å². The van der Waals surface area contributed by atoms with E-state index >= 15 is 0 Å². The second-order valence-corrected chi connectivity index (χ2v) is 5.81. The van der Waals surface area contributed by atoms with Crippen molar-refractivity contribution in [3.63, 3.8) is 0 Å². The van der Waals surface area contributed by atoms with E-state index < -0.39 is 0 Å². The fourth-order valence-electron chi connectivity index (χ4n) is 3.01. The molecule has 2 saturated heterocycles. The first kappa shape index (κ1) is 15.3. The highest BCUT2D eigenvalue weighted by molar-refractivity contribution is 5.79. The molecular formula is C14H25N3O3. The minimum absolute atomic E-state index is 0.0823. The van der Waals surface area contributed by atoms with Crippen molar-refractivity contribution in [2.45, 2.75) is 19.8 Å². The third-order valence-electron chi connectivity index (χ3n) is 4.30. The Morgan fingerprint density at radius 1 is 1.10 bits per heavy atom. The van der Waals surface area contributed by atoms with E-state index in [1.165, 1.54) is 0 Å². The van der Waals surface area contributed by atoms with Crippen molar-refractivity contribution in [1.29, 1.82) is 0 Å². The number of carbonyl (C=O) groups excluding carboxylic acids is 2. The Kier molecular flexibility index (Phi) is 5.37. The van der Waals surface area contributed by atoms with Crippen LogP contribution in [0.15, 0.2) is 0 Å². The van der Waals surface area contributed by atoms with Gasteiger partial charge in [-0.3, -0.25) is 14.5 Å². The standard InChI is InChI=1S/C14H25N3O3/c1-12(19)16-5-7-17(8-6-16)14(20)10-15-4-2-3-13(9-15)11-18/h13,18H,2-11H2,1H3. The van der Waals surface area contributed by atoms with Gasteiger partial charge < -0.3 is 14.9 Å². The van der Waals surface area contributed by atoms with Crippen LogP contribution in [0, 0.1) is 5.92 Å². The Morgan fingerprint density at radius 2 is 1.75 bits per heavy atom. The molecule has 1 N–H and O–H groups in total. The number of nitrogens with zero attached hydrogens (tertiary/aromatic N) is 3. The highest BCUT2D eigenvalue weighted by Gasteiger charge is 2.26. The number of aliphatic hydroxyl groups is 1. The predicted molar refractivity (Wildman–Crippen MR) is 75.1 cm³/mol. The minimum atomic E-state index is 0.0823. The summed E-state index contributed by atoms with van der Waals surface area (Å²) in [5, 5.41) is 9.21. The molecule has 0 radical (unpaired) electrons. The van der Waals surface area contributed by atoms with E-state index in [0.717, 1.165) is 25.9 Å². The van der Waals surface area contributed by atoms with E-state index in [4.69, 9.17) is 0 Å². The molecule has 2 aliphatic rings. The van der Waals surface area contributed by atoms with Crippen molar-refractivity contribution in [2.75, 3.05) is 52.4 Å². The summed E-state index contributed by atoms with van der Waals surface area (Å²) in [5.41, 5.74) is 0. The fourth-order valence-corrected chi connectivity index (χ4v) is 3.01. The van der Waals surface area contributed by atoms with Crippen molar-refractivity contribution in [1.82, 2.24) is 14.7 Å². The molecule has 2 heterocycles. The normalized spacial score (nSPS) is 24.8. The Hall–Kier alpha value is -1.14. The molecule has 2 amide bonds. The number of piperidine rings is 1. The number of carbonyl (C=O) groups is 2. The van der Waals surface area contributed by atoms with Gasteiger partial charge >= 0.3 is 0 Å². The summed E-state index contributed by atoms with van der Waals surface area (Å²) in [5.74, 6) is 0.539. The van der Waals surface area contributed by atoms with Crippen LogP contribution < -0.4 is 0 Å². The summed E-state index contributed by atoms with van der Waals surface area (Å²) in [6, 6.07) is 0. The SMILES string of the molecule is CC(=O)N1CCN(C(=O)CN2CCCC(CO)C2)CC1. The van der Waals surface area contributed by atoms with Crippen LogP contribution in [-0.4, -0.2) is 84.0 Å². The monoisotopic (exact) mass is 283 g/mol. The molecule has 0 aromatic carbocycles. The Balaban J connectivity index is 1.76. The molecule has 6 nitrogen and oxygen atoms in total. The lowest BCUT2D eigenvalue weighted by molar-refractivity contribution is -0.139. The maximum Gasteiger partial charge on any atom is 0.236 e. The number of amides is 2. The highest BCUT2D eigenvalue weighted by atomic mass is 16.3. The van der Waals surface area contributed by atoms with Crippen molar-refractivity contribution in [3.05, 3.63) is 0 Å². The van der Waals surface area contributed by atoms with Gasteiger partial charge in [-0.05, 0) is 25.3 Å². The summed E-state index contributed by atoms with van der Waals surface area (Å²) in [6.07, 6.45) is 2.11. The number of hydrogen-bond acceptors (Lipinski definition) is 4. The molecule has 0 aromatic heterocycles. The van der Waals surface area contributed by atoms with E-state index in [1.54, 1.807) is 11.8 Å². The van der Waals surface area contributed by atoms with Crippen molar-refractivity contribution >= 4 is 11.8 Å². The van der Waals surface area contributed by atoms with Crippen LogP contribution in [0.25, 0.3) is 0 Å². The molecule has 114 valence electrons. The van der Waals surface area contributed by atoms with Gasteiger partial charge in [0, 0.05) is 46.3 Å².